The maximum Gasteiger partial charge on any atom is 0.251 e. The van der Waals surface area contributed by atoms with E-state index in [9.17, 15) is 13.2 Å². The first kappa shape index (κ1) is 19.4. The van der Waals surface area contributed by atoms with Gasteiger partial charge in [-0.1, -0.05) is 13.8 Å². The molecular formula is C16H26N2O4S. The van der Waals surface area contributed by atoms with Crippen LogP contribution in [0.15, 0.2) is 23.1 Å². The molecule has 1 atom stereocenters. The van der Waals surface area contributed by atoms with E-state index in [0.717, 1.165) is 0 Å². The van der Waals surface area contributed by atoms with Crippen LogP contribution in [0.4, 0.5) is 0 Å². The normalized spacial score (nSPS) is 13.2. The Kier molecular flexibility index (Phi) is 6.58. The van der Waals surface area contributed by atoms with Gasteiger partial charge < -0.3 is 10.1 Å². The molecule has 2 N–H and O–H groups in total. The van der Waals surface area contributed by atoms with Crippen LogP contribution in [-0.2, 0) is 10.0 Å². The van der Waals surface area contributed by atoms with Crippen molar-refractivity contribution in [2.24, 2.45) is 5.92 Å². The van der Waals surface area contributed by atoms with E-state index in [2.05, 4.69) is 10.0 Å². The van der Waals surface area contributed by atoms with Crippen molar-refractivity contribution in [2.75, 3.05) is 7.11 Å². The average molecular weight is 342 g/mol. The lowest BCUT2D eigenvalue weighted by Crippen LogP contribution is -2.36. The van der Waals surface area contributed by atoms with Gasteiger partial charge in [0.2, 0.25) is 10.0 Å². The largest absolute Gasteiger partial charge is 0.495 e. The van der Waals surface area contributed by atoms with Crippen LogP contribution in [0.25, 0.3) is 0 Å². The molecule has 1 aromatic carbocycles. The molecule has 1 rings (SSSR count). The Labute approximate surface area is 138 Å². The van der Waals surface area contributed by atoms with Gasteiger partial charge in [-0.15, -0.1) is 0 Å². The zero-order valence-electron chi connectivity index (χ0n) is 14.5. The molecule has 0 bridgehead atoms. The number of hydrogen-bond donors (Lipinski definition) is 2. The maximum atomic E-state index is 12.4. The summed E-state index contributed by atoms with van der Waals surface area (Å²) in [7, 11) is -2.36. The quantitative estimate of drug-likeness (QED) is 0.795. The van der Waals surface area contributed by atoms with Crippen molar-refractivity contribution in [3.8, 4) is 5.75 Å². The molecule has 23 heavy (non-hydrogen) atoms. The Balaban J connectivity index is 3.20. The van der Waals surface area contributed by atoms with Gasteiger partial charge in [0.1, 0.15) is 10.6 Å². The van der Waals surface area contributed by atoms with Crippen molar-refractivity contribution in [3.05, 3.63) is 23.8 Å². The van der Waals surface area contributed by atoms with Crippen LogP contribution >= 0.6 is 0 Å². The van der Waals surface area contributed by atoms with E-state index in [-0.39, 0.29) is 40.1 Å². The van der Waals surface area contributed by atoms with Gasteiger partial charge in [-0.3, -0.25) is 4.79 Å². The van der Waals surface area contributed by atoms with E-state index in [0.29, 0.717) is 0 Å². The number of benzene rings is 1. The Morgan fingerprint density at radius 1 is 1.13 bits per heavy atom. The van der Waals surface area contributed by atoms with Gasteiger partial charge in [0, 0.05) is 17.6 Å². The fraction of sp³-hybridized carbons (Fsp3) is 0.562. The standard InChI is InChI=1S/C16H26N2O4S/c1-10(2)12(5)17-16(19)13-7-8-14(22-6)15(9-13)23(20,21)18-11(3)4/h7-12,18H,1-6H3,(H,17,19). The van der Waals surface area contributed by atoms with Crippen molar-refractivity contribution in [3.63, 3.8) is 0 Å². The van der Waals surface area contributed by atoms with Gasteiger partial charge in [-0.05, 0) is 44.9 Å². The molecule has 0 aromatic heterocycles. The topological polar surface area (TPSA) is 84.5 Å². The van der Waals surface area contributed by atoms with Crippen molar-refractivity contribution < 1.29 is 17.9 Å². The molecule has 0 saturated carbocycles. The number of sulfonamides is 1. The predicted molar refractivity (Wildman–Crippen MR) is 90.2 cm³/mol. The molecule has 6 nitrogen and oxygen atoms in total. The highest BCUT2D eigenvalue weighted by atomic mass is 32.2. The second-order valence-corrected chi connectivity index (χ2v) is 7.83. The predicted octanol–water partition coefficient (Wildman–Crippen LogP) is 2.16. The lowest BCUT2D eigenvalue weighted by molar-refractivity contribution is 0.0930. The Morgan fingerprint density at radius 3 is 2.22 bits per heavy atom. The van der Waals surface area contributed by atoms with Gasteiger partial charge in [0.15, 0.2) is 0 Å². The molecule has 0 heterocycles. The first-order valence-electron chi connectivity index (χ1n) is 7.59. The zero-order chi connectivity index (χ0) is 17.8. The molecule has 0 radical (unpaired) electrons. The third-order valence-corrected chi connectivity index (χ3v) is 5.14. The van der Waals surface area contributed by atoms with E-state index >= 15 is 0 Å². The van der Waals surface area contributed by atoms with Gasteiger partial charge in [0.05, 0.1) is 7.11 Å². The number of carbonyl (C=O) groups is 1. The maximum absolute atomic E-state index is 12.4. The summed E-state index contributed by atoms with van der Waals surface area (Å²) in [6.07, 6.45) is 0. The highest BCUT2D eigenvalue weighted by Crippen LogP contribution is 2.25. The van der Waals surface area contributed by atoms with Crippen LogP contribution < -0.4 is 14.8 Å². The Bertz CT molecular complexity index is 654. The SMILES string of the molecule is COc1ccc(C(=O)NC(C)C(C)C)cc1S(=O)(=O)NC(C)C. The van der Waals surface area contributed by atoms with Crippen LogP contribution in [0, 0.1) is 5.92 Å². The highest BCUT2D eigenvalue weighted by molar-refractivity contribution is 7.89. The summed E-state index contributed by atoms with van der Waals surface area (Å²) < 4.78 is 32.4. The smallest absolute Gasteiger partial charge is 0.251 e. The summed E-state index contributed by atoms with van der Waals surface area (Å²) in [5, 5.41) is 2.86. The minimum absolute atomic E-state index is 0.0153. The average Bonchev–Trinajstić information content (AvgIpc) is 2.44. The van der Waals surface area contributed by atoms with Crippen molar-refractivity contribution in [2.45, 2.75) is 51.6 Å². The van der Waals surface area contributed by atoms with Crippen LogP contribution in [0.3, 0.4) is 0 Å². The van der Waals surface area contributed by atoms with Crippen LogP contribution in [0.2, 0.25) is 0 Å². The summed E-state index contributed by atoms with van der Waals surface area (Å²) in [4.78, 5) is 12.3. The summed E-state index contributed by atoms with van der Waals surface area (Å²) in [6, 6.07) is 4.10. The molecule has 0 aliphatic heterocycles. The first-order chi connectivity index (χ1) is 10.6. The monoisotopic (exact) mass is 342 g/mol. The highest BCUT2D eigenvalue weighted by Gasteiger charge is 2.23. The van der Waals surface area contributed by atoms with Crippen molar-refractivity contribution in [1.82, 2.24) is 10.0 Å². The number of amides is 1. The van der Waals surface area contributed by atoms with Crippen LogP contribution in [-0.4, -0.2) is 33.5 Å². The number of hydrogen-bond acceptors (Lipinski definition) is 4. The number of rotatable bonds is 7. The van der Waals surface area contributed by atoms with E-state index in [1.807, 2.05) is 20.8 Å². The van der Waals surface area contributed by atoms with Gasteiger partial charge >= 0.3 is 0 Å². The summed E-state index contributed by atoms with van der Waals surface area (Å²) in [5.41, 5.74) is 0.280. The molecular weight excluding hydrogens is 316 g/mol. The van der Waals surface area contributed by atoms with Crippen LogP contribution in [0.5, 0.6) is 5.75 Å². The molecule has 0 aliphatic rings. The third kappa shape index (κ3) is 5.21. The molecule has 1 amide bonds. The Morgan fingerprint density at radius 2 is 1.74 bits per heavy atom. The number of carbonyl (C=O) groups excluding carboxylic acids is 1. The van der Waals surface area contributed by atoms with E-state index in [4.69, 9.17) is 4.74 Å². The molecule has 0 saturated heterocycles. The fourth-order valence-corrected chi connectivity index (χ4v) is 3.30. The molecule has 0 aliphatic carbocycles. The van der Waals surface area contributed by atoms with Crippen molar-refractivity contribution in [1.29, 1.82) is 0 Å². The van der Waals surface area contributed by atoms with E-state index < -0.39 is 10.0 Å². The first-order valence-corrected chi connectivity index (χ1v) is 9.08. The molecule has 1 aromatic rings. The zero-order valence-corrected chi connectivity index (χ0v) is 15.3. The van der Waals surface area contributed by atoms with Crippen molar-refractivity contribution >= 4 is 15.9 Å². The molecule has 0 fully saturated rings. The van der Waals surface area contributed by atoms with Crippen LogP contribution in [0.1, 0.15) is 45.0 Å². The summed E-state index contributed by atoms with van der Waals surface area (Å²) in [5.74, 6) is 0.171. The van der Waals surface area contributed by atoms with Gasteiger partial charge in [-0.25, -0.2) is 13.1 Å². The molecule has 7 heteroatoms. The molecule has 0 spiro atoms. The Hall–Kier alpha value is -1.60. The number of methoxy groups -OCH3 is 1. The minimum Gasteiger partial charge on any atom is -0.495 e. The summed E-state index contributed by atoms with van der Waals surface area (Å²) in [6.45, 7) is 9.36. The van der Waals surface area contributed by atoms with Gasteiger partial charge in [0.25, 0.3) is 5.91 Å². The summed E-state index contributed by atoms with van der Waals surface area (Å²) >= 11 is 0. The second kappa shape index (κ2) is 7.79. The lowest BCUT2D eigenvalue weighted by atomic mass is 10.1. The molecule has 130 valence electrons. The number of nitrogens with one attached hydrogen (secondary N) is 2. The minimum atomic E-state index is -3.76. The third-order valence-electron chi connectivity index (χ3n) is 3.46. The number of ether oxygens (including phenoxy) is 1. The van der Waals surface area contributed by atoms with E-state index in [1.165, 1.54) is 19.2 Å². The fourth-order valence-electron chi connectivity index (χ4n) is 1.86. The molecule has 1 unspecified atom stereocenters. The van der Waals surface area contributed by atoms with E-state index in [1.54, 1.807) is 19.9 Å². The lowest BCUT2D eigenvalue weighted by Gasteiger charge is -2.18. The second-order valence-electron chi connectivity index (χ2n) is 6.15. The van der Waals surface area contributed by atoms with Gasteiger partial charge in [-0.2, -0.15) is 0 Å².